The molecule has 1 N–H and O–H groups in total. The van der Waals surface area contributed by atoms with Gasteiger partial charge >= 0.3 is 6.18 Å². The van der Waals surface area contributed by atoms with Gasteiger partial charge in [0.05, 0.1) is 6.61 Å². The Balaban J connectivity index is 2.24. The van der Waals surface area contributed by atoms with Crippen molar-refractivity contribution in [3.8, 4) is 0 Å². The number of nitrogens with zero attached hydrogens (tertiary/aromatic N) is 3. The highest BCUT2D eigenvalue weighted by Gasteiger charge is 2.32. The van der Waals surface area contributed by atoms with Crippen LogP contribution in [0.15, 0.2) is 10.7 Å². The molecule has 8 heteroatoms. The third-order valence-corrected chi connectivity index (χ3v) is 3.11. The van der Waals surface area contributed by atoms with Gasteiger partial charge in [0, 0.05) is 18.5 Å². The van der Waals surface area contributed by atoms with Gasteiger partial charge in [-0.25, -0.2) is 9.97 Å². The first kappa shape index (κ1) is 14.5. The number of aliphatic hydroxyl groups is 1. The number of anilines is 1. The smallest absolute Gasteiger partial charge is 0.395 e. The molecule has 1 aliphatic rings. The summed E-state index contributed by atoms with van der Waals surface area (Å²) in [6, 6.07) is 1.44. The van der Waals surface area contributed by atoms with Crippen molar-refractivity contribution >= 4 is 21.7 Å². The van der Waals surface area contributed by atoms with Crippen molar-refractivity contribution in [2.45, 2.75) is 24.9 Å². The maximum atomic E-state index is 12.5. The molecule has 19 heavy (non-hydrogen) atoms. The van der Waals surface area contributed by atoms with Gasteiger partial charge < -0.3 is 10.0 Å². The summed E-state index contributed by atoms with van der Waals surface area (Å²) in [6.45, 7) is -1.62. The lowest BCUT2D eigenvalue weighted by Gasteiger charge is -2.24. The van der Waals surface area contributed by atoms with E-state index in [0.29, 0.717) is 10.4 Å². The fourth-order valence-electron chi connectivity index (χ4n) is 1.72. The van der Waals surface area contributed by atoms with Gasteiger partial charge in [0.1, 0.15) is 22.8 Å². The summed E-state index contributed by atoms with van der Waals surface area (Å²) in [5.74, 6) is 1.00. The topological polar surface area (TPSA) is 49.2 Å². The Kier molecular flexibility index (Phi) is 4.29. The molecule has 1 fully saturated rings. The summed E-state index contributed by atoms with van der Waals surface area (Å²) in [5, 5.41) is 8.89. The van der Waals surface area contributed by atoms with Crippen molar-refractivity contribution in [2.24, 2.45) is 0 Å². The van der Waals surface area contributed by atoms with Gasteiger partial charge in [-0.2, -0.15) is 13.2 Å². The van der Waals surface area contributed by atoms with E-state index in [-0.39, 0.29) is 24.9 Å². The number of alkyl halides is 3. The van der Waals surface area contributed by atoms with E-state index in [1.807, 2.05) is 0 Å². The second kappa shape index (κ2) is 5.62. The van der Waals surface area contributed by atoms with Crippen LogP contribution < -0.4 is 4.90 Å². The fourth-order valence-corrected chi connectivity index (χ4v) is 2.11. The van der Waals surface area contributed by atoms with Crippen LogP contribution in [0.5, 0.6) is 0 Å². The SMILES string of the molecule is OCCN(CC(F)(F)F)c1cc(Br)nc(C2CC2)n1. The highest BCUT2D eigenvalue weighted by molar-refractivity contribution is 9.10. The van der Waals surface area contributed by atoms with Gasteiger partial charge in [0.2, 0.25) is 0 Å². The van der Waals surface area contributed by atoms with Crippen LogP contribution in [0.2, 0.25) is 0 Å². The minimum absolute atomic E-state index is 0.118. The van der Waals surface area contributed by atoms with Crippen molar-refractivity contribution in [3.05, 3.63) is 16.5 Å². The average molecular weight is 340 g/mol. The van der Waals surface area contributed by atoms with Crippen LogP contribution >= 0.6 is 15.9 Å². The molecule has 0 spiro atoms. The summed E-state index contributed by atoms with van der Waals surface area (Å²) >= 11 is 3.19. The van der Waals surface area contributed by atoms with Gasteiger partial charge in [-0.1, -0.05) is 0 Å². The summed E-state index contributed by atoms with van der Waals surface area (Å²) in [7, 11) is 0. The molecule has 1 aromatic rings. The highest BCUT2D eigenvalue weighted by atomic mass is 79.9. The van der Waals surface area contributed by atoms with Crippen LogP contribution in [0.25, 0.3) is 0 Å². The van der Waals surface area contributed by atoms with Gasteiger partial charge in [-0.3, -0.25) is 0 Å². The monoisotopic (exact) mass is 339 g/mol. The Morgan fingerprint density at radius 3 is 2.58 bits per heavy atom. The van der Waals surface area contributed by atoms with E-state index in [1.54, 1.807) is 0 Å². The summed E-state index contributed by atoms with van der Waals surface area (Å²) in [5.41, 5.74) is 0. The Morgan fingerprint density at radius 1 is 1.37 bits per heavy atom. The van der Waals surface area contributed by atoms with Crippen LogP contribution in [0.1, 0.15) is 24.6 Å². The summed E-state index contributed by atoms with van der Waals surface area (Å²) < 4.78 is 38.0. The van der Waals surface area contributed by atoms with Gasteiger partial charge in [-0.05, 0) is 28.8 Å². The number of halogens is 4. The molecular formula is C11H13BrF3N3O. The minimum Gasteiger partial charge on any atom is -0.395 e. The molecule has 2 rings (SSSR count). The fraction of sp³-hybridized carbons (Fsp3) is 0.636. The standard InChI is InChI=1S/C11H13BrF3N3O/c12-8-5-9(17-10(16-8)7-1-2-7)18(3-4-19)6-11(13,14)15/h5,7,19H,1-4,6H2. The number of aliphatic hydroxyl groups excluding tert-OH is 1. The second-order valence-corrected chi connectivity index (χ2v) is 5.25. The number of hydrogen-bond donors (Lipinski definition) is 1. The quantitative estimate of drug-likeness (QED) is 0.837. The highest BCUT2D eigenvalue weighted by Crippen LogP contribution is 2.39. The van der Waals surface area contributed by atoms with Gasteiger partial charge in [-0.15, -0.1) is 0 Å². The molecule has 0 saturated heterocycles. The van der Waals surface area contributed by atoms with Crippen molar-refractivity contribution < 1.29 is 18.3 Å². The molecule has 0 aromatic carbocycles. The molecule has 106 valence electrons. The van der Waals surface area contributed by atoms with Gasteiger partial charge in [0.25, 0.3) is 0 Å². The van der Waals surface area contributed by atoms with Crippen LogP contribution in [-0.2, 0) is 0 Å². The maximum Gasteiger partial charge on any atom is 0.405 e. The molecule has 0 amide bonds. The van der Waals surface area contributed by atoms with E-state index in [9.17, 15) is 13.2 Å². The first-order valence-corrected chi connectivity index (χ1v) is 6.65. The minimum atomic E-state index is -4.34. The molecule has 1 saturated carbocycles. The molecule has 1 aromatic heterocycles. The lowest BCUT2D eigenvalue weighted by Crippen LogP contribution is -2.37. The normalized spacial score (nSPS) is 15.6. The molecule has 0 radical (unpaired) electrons. The van der Waals surface area contributed by atoms with E-state index in [1.165, 1.54) is 6.07 Å². The Bertz CT molecular complexity index is 451. The first-order valence-electron chi connectivity index (χ1n) is 5.86. The summed E-state index contributed by atoms with van der Waals surface area (Å²) in [4.78, 5) is 9.35. The maximum absolute atomic E-state index is 12.5. The molecule has 0 bridgehead atoms. The molecule has 0 unspecified atom stereocenters. The van der Waals surface area contributed by atoms with Crippen molar-refractivity contribution in [2.75, 3.05) is 24.6 Å². The zero-order valence-corrected chi connectivity index (χ0v) is 11.6. The van der Waals surface area contributed by atoms with E-state index in [2.05, 4.69) is 25.9 Å². The predicted octanol–water partition coefficient (Wildman–Crippen LogP) is 2.48. The van der Waals surface area contributed by atoms with Crippen LogP contribution in [0.4, 0.5) is 19.0 Å². The molecule has 0 atom stereocenters. The number of hydrogen-bond acceptors (Lipinski definition) is 4. The zero-order chi connectivity index (χ0) is 14.0. The third kappa shape index (κ3) is 4.31. The Morgan fingerprint density at radius 2 is 2.05 bits per heavy atom. The van der Waals surface area contributed by atoms with E-state index >= 15 is 0 Å². The van der Waals surface area contributed by atoms with E-state index in [0.717, 1.165) is 17.7 Å². The zero-order valence-electron chi connectivity index (χ0n) is 9.99. The Hall–Kier alpha value is -0.890. The number of aromatic nitrogens is 2. The molecule has 1 heterocycles. The lowest BCUT2D eigenvalue weighted by atomic mass is 10.3. The van der Waals surface area contributed by atoms with E-state index in [4.69, 9.17) is 5.11 Å². The van der Waals surface area contributed by atoms with Gasteiger partial charge in [0.15, 0.2) is 0 Å². The second-order valence-electron chi connectivity index (χ2n) is 4.44. The van der Waals surface area contributed by atoms with E-state index < -0.39 is 12.7 Å². The largest absolute Gasteiger partial charge is 0.405 e. The summed E-state index contributed by atoms with van der Waals surface area (Å²) in [6.07, 6.45) is -2.41. The van der Waals surface area contributed by atoms with Crippen LogP contribution in [0.3, 0.4) is 0 Å². The van der Waals surface area contributed by atoms with Crippen molar-refractivity contribution in [3.63, 3.8) is 0 Å². The molecule has 0 aliphatic heterocycles. The third-order valence-electron chi connectivity index (χ3n) is 2.71. The van der Waals surface area contributed by atoms with Crippen LogP contribution in [-0.4, -0.2) is 40.9 Å². The first-order chi connectivity index (χ1) is 8.89. The van der Waals surface area contributed by atoms with Crippen molar-refractivity contribution in [1.29, 1.82) is 0 Å². The molecule has 4 nitrogen and oxygen atoms in total. The number of rotatable bonds is 5. The molecule has 1 aliphatic carbocycles. The predicted molar refractivity (Wildman–Crippen MR) is 67.1 cm³/mol. The Labute approximate surface area is 116 Å². The van der Waals surface area contributed by atoms with Crippen LogP contribution in [0, 0.1) is 0 Å². The van der Waals surface area contributed by atoms with Crippen molar-refractivity contribution in [1.82, 2.24) is 9.97 Å². The average Bonchev–Trinajstić information content (AvgIpc) is 3.09. The molecular weight excluding hydrogens is 327 g/mol. The lowest BCUT2D eigenvalue weighted by molar-refractivity contribution is -0.120.